The zero-order valence-electron chi connectivity index (χ0n) is 13.3. The van der Waals surface area contributed by atoms with Crippen LogP contribution < -0.4 is 5.73 Å². The van der Waals surface area contributed by atoms with Crippen molar-refractivity contribution in [1.29, 1.82) is 0 Å². The van der Waals surface area contributed by atoms with Crippen molar-refractivity contribution in [3.8, 4) is 11.4 Å². The van der Waals surface area contributed by atoms with Crippen LogP contribution in [0.3, 0.4) is 0 Å². The van der Waals surface area contributed by atoms with Crippen LogP contribution in [0.2, 0.25) is 0 Å². The Hall–Kier alpha value is -3.40. The summed E-state index contributed by atoms with van der Waals surface area (Å²) in [4.78, 5) is 15.3. The Kier molecular flexibility index (Phi) is 3.00. The fourth-order valence-corrected chi connectivity index (χ4v) is 2.86. The van der Waals surface area contributed by atoms with Gasteiger partial charge >= 0.3 is 0 Å². The van der Waals surface area contributed by atoms with E-state index in [1.165, 1.54) is 6.33 Å². The Bertz CT molecular complexity index is 1110. The largest absolute Gasteiger partial charge is 0.383 e. The number of nitrogens with two attached hydrogens (primary N) is 1. The van der Waals surface area contributed by atoms with Crippen molar-refractivity contribution >= 4 is 33.4 Å². The lowest BCUT2D eigenvalue weighted by atomic mass is 10.2. The van der Waals surface area contributed by atoms with E-state index in [1.54, 1.807) is 6.07 Å². The Labute approximate surface area is 138 Å². The third-order valence-corrected chi connectivity index (χ3v) is 4.00. The van der Waals surface area contributed by atoms with Crippen LogP contribution >= 0.6 is 0 Å². The number of aromatic nitrogens is 5. The predicted molar refractivity (Wildman–Crippen MR) is 93.7 cm³/mol. The molecule has 3 aromatic heterocycles. The molecule has 0 radical (unpaired) electrons. The predicted octanol–water partition coefficient (Wildman–Crippen LogP) is 3.69. The van der Waals surface area contributed by atoms with Gasteiger partial charge in [-0.25, -0.2) is 19.5 Å². The molecule has 0 bridgehead atoms. The minimum Gasteiger partial charge on any atom is -0.383 e. The van der Waals surface area contributed by atoms with E-state index < -0.39 is 0 Å². The first-order valence-corrected chi connectivity index (χ1v) is 7.57. The third kappa shape index (κ3) is 2.01. The molecule has 3 heterocycles. The van der Waals surface area contributed by atoms with Gasteiger partial charge in [0.1, 0.15) is 17.8 Å². The molecule has 0 fully saturated rings. The highest BCUT2D eigenvalue weighted by Crippen LogP contribution is 2.33. The number of fused-ring (bicyclic) bond motifs is 2. The van der Waals surface area contributed by atoms with Crippen LogP contribution in [-0.2, 0) is 0 Å². The topological polar surface area (TPSA) is 89.8 Å². The smallest absolute Gasteiger partial charge is 0.187 e. The summed E-state index contributed by atoms with van der Waals surface area (Å²) >= 11 is 0. The number of nitrogen functional groups attached to an aromatic ring is 1. The maximum Gasteiger partial charge on any atom is 0.187 e. The standard InChI is InChI=1S/C17H15N7/c1-9(2)24-17-14(16(18)20-8-21-17)15(23-24)13-7-10-6-11(19-3)4-5-12(10)22-13/h4-9,22H,1-2H3,(H2,18,20,21). The molecule has 3 N–H and O–H groups in total. The highest BCUT2D eigenvalue weighted by Gasteiger charge is 2.19. The summed E-state index contributed by atoms with van der Waals surface area (Å²) in [5.41, 5.74) is 9.91. The fraction of sp³-hybridized carbons (Fsp3) is 0.176. The van der Waals surface area contributed by atoms with Crippen LogP contribution in [-0.4, -0.2) is 24.7 Å². The number of nitrogens with one attached hydrogen (secondary N) is 1. The molecule has 7 nitrogen and oxygen atoms in total. The number of hydrogen-bond acceptors (Lipinski definition) is 4. The van der Waals surface area contributed by atoms with E-state index >= 15 is 0 Å². The summed E-state index contributed by atoms with van der Waals surface area (Å²) in [5, 5.41) is 6.40. The second-order valence-electron chi connectivity index (χ2n) is 5.91. The first-order valence-electron chi connectivity index (χ1n) is 7.57. The Morgan fingerprint density at radius 2 is 2.08 bits per heavy atom. The summed E-state index contributed by atoms with van der Waals surface area (Å²) in [6.45, 7) is 11.2. The zero-order chi connectivity index (χ0) is 16.8. The number of benzene rings is 1. The van der Waals surface area contributed by atoms with Gasteiger partial charge in [0.25, 0.3) is 0 Å². The Morgan fingerprint density at radius 3 is 2.83 bits per heavy atom. The van der Waals surface area contributed by atoms with Gasteiger partial charge in [0.2, 0.25) is 0 Å². The Balaban J connectivity index is 2.01. The van der Waals surface area contributed by atoms with Crippen LogP contribution in [0.4, 0.5) is 11.5 Å². The van der Waals surface area contributed by atoms with Crippen molar-refractivity contribution < 1.29 is 0 Å². The third-order valence-electron chi connectivity index (χ3n) is 4.00. The molecule has 0 saturated heterocycles. The first kappa shape index (κ1) is 14.2. The fourth-order valence-electron chi connectivity index (χ4n) is 2.86. The summed E-state index contributed by atoms with van der Waals surface area (Å²) in [6.07, 6.45) is 1.45. The number of H-pyrrole nitrogens is 1. The quantitative estimate of drug-likeness (QED) is 0.552. The Morgan fingerprint density at radius 1 is 1.25 bits per heavy atom. The highest BCUT2D eigenvalue weighted by atomic mass is 15.3. The monoisotopic (exact) mass is 317 g/mol. The van der Waals surface area contributed by atoms with Gasteiger partial charge in [0.05, 0.1) is 17.7 Å². The second kappa shape index (κ2) is 5.06. The number of rotatable bonds is 2. The molecule has 0 aliphatic carbocycles. The van der Waals surface area contributed by atoms with E-state index in [4.69, 9.17) is 17.4 Å². The summed E-state index contributed by atoms with van der Waals surface area (Å²) < 4.78 is 1.85. The van der Waals surface area contributed by atoms with Gasteiger partial charge in [-0.05, 0) is 37.4 Å². The molecular weight excluding hydrogens is 302 g/mol. The van der Waals surface area contributed by atoms with Crippen molar-refractivity contribution in [2.24, 2.45) is 0 Å². The zero-order valence-corrected chi connectivity index (χ0v) is 13.3. The van der Waals surface area contributed by atoms with Crippen molar-refractivity contribution in [2.45, 2.75) is 19.9 Å². The summed E-state index contributed by atoms with van der Waals surface area (Å²) in [5.74, 6) is 0.405. The number of nitrogens with zero attached hydrogens (tertiary/aromatic N) is 5. The lowest BCUT2D eigenvalue weighted by Crippen LogP contribution is -2.04. The lowest BCUT2D eigenvalue weighted by molar-refractivity contribution is 0.547. The van der Waals surface area contributed by atoms with Crippen LogP contribution in [0.1, 0.15) is 19.9 Å². The van der Waals surface area contributed by atoms with Crippen molar-refractivity contribution in [3.05, 3.63) is 42.0 Å². The van der Waals surface area contributed by atoms with Crippen LogP contribution in [0.5, 0.6) is 0 Å². The minimum atomic E-state index is 0.147. The van der Waals surface area contributed by atoms with Crippen LogP contribution in [0.15, 0.2) is 30.6 Å². The second-order valence-corrected chi connectivity index (χ2v) is 5.91. The minimum absolute atomic E-state index is 0.147. The average molecular weight is 317 g/mol. The van der Waals surface area contributed by atoms with Crippen molar-refractivity contribution in [1.82, 2.24) is 24.7 Å². The molecule has 4 aromatic rings. The van der Waals surface area contributed by atoms with Crippen molar-refractivity contribution in [2.75, 3.05) is 5.73 Å². The van der Waals surface area contributed by atoms with Gasteiger partial charge < -0.3 is 10.7 Å². The van der Waals surface area contributed by atoms with Gasteiger partial charge in [-0.15, -0.1) is 0 Å². The maximum atomic E-state index is 7.14. The highest BCUT2D eigenvalue weighted by molar-refractivity contribution is 6.00. The molecule has 0 saturated carbocycles. The van der Waals surface area contributed by atoms with E-state index in [1.807, 2.05) is 36.7 Å². The molecule has 0 aliphatic heterocycles. The molecule has 118 valence electrons. The molecule has 0 atom stereocenters. The van der Waals surface area contributed by atoms with E-state index in [9.17, 15) is 0 Å². The molecule has 7 heteroatoms. The van der Waals surface area contributed by atoms with Crippen LogP contribution in [0.25, 0.3) is 38.2 Å². The van der Waals surface area contributed by atoms with Gasteiger partial charge in [-0.3, -0.25) is 0 Å². The van der Waals surface area contributed by atoms with Gasteiger partial charge in [-0.1, -0.05) is 6.07 Å². The summed E-state index contributed by atoms with van der Waals surface area (Å²) in [6, 6.07) is 7.66. The average Bonchev–Trinajstić information content (AvgIpc) is 3.15. The van der Waals surface area contributed by atoms with E-state index in [2.05, 4.69) is 19.8 Å². The normalized spacial score (nSPS) is 11.4. The van der Waals surface area contributed by atoms with E-state index in [0.717, 1.165) is 27.7 Å². The number of hydrogen-bond donors (Lipinski definition) is 2. The summed E-state index contributed by atoms with van der Waals surface area (Å²) in [7, 11) is 0. The number of aromatic amines is 1. The van der Waals surface area contributed by atoms with Crippen LogP contribution in [0, 0.1) is 6.57 Å². The van der Waals surface area contributed by atoms with E-state index in [0.29, 0.717) is 17.2 Å². The van der Waals surface area contributed by atoms with Gasteiger partial charge in [-0.2, -0.15) is 5.10 Å². The molecule has 0 aliphatic rings. The molecule has 24 heavy (non-hydrogen) atoms. The van der Waals surface area contributed by atoms with Crippen molar-refractivity contribution in [3.63, 3.8) is 0 Å². The first-order chi connectivity index (χ1) is 11.6. The molecule has 0 amide bonds. The maximum absolute atomic E-state index is 7.14. The number of anilines is 1. The SMILES string of the molecule is [C-]#[N+]c1ccc2[nH]c(-c3nn(C(C)C)c4ncnc(N)c34)cc2c1. The molecule has 4 rings (SSSR count). The lowest BCUT2D eigenvalue weighted by Gasteiger charge is -2.05. The van der Waals surface area contributed by atoms with Gasteiger partial charge in [0, 0.05) is 11.6 Å². The van der Waals surface area contributed by atoms with E-state index in [-0.39, 0.29) is 6.04 Å². The van der Waals surface area contributed by atoms with Gasteiger partial charge in [0.15, 0.2) is 11.3 Å². The molecule has 1 aromatic carbocycles. The molecule has 0 spiro atoms. The molecule has 0 unspecified atom stereocenters. The molecular formula is C17H15N7.